The molecule has 2 atom stereocenters. The molecule has 1 saturated carbocycles. The lowest BCUT2D eigenvalue weighted by Crippen LogP contribution is -2.55. The molecule has 0 spiro atoms. The summed E-state index contributed by atoms with van der Waals surface area (Å²) >= 11 is 0. The van der Waals surface area contributed by atoms with Gasteiger partial charge in [-0.2, -0.15) is 0 Å². The van der Waals surface area contributed by atoms with E-state index in [1.54, 1.807) is 0 Å². The highest BCUT2D eigenvalue weighted by atomic mass is 15.2. The Kier molecular flexibility index (Phi) is 3.11. The van der Waals surface area contributed by atoms with E-state index in [0.29, 0.717) is 10.8 Å². The van der Waals surface area contributed by atoms with Crippen molar-refractivity contribution in [1.82, 2.24) is 4.90 Å². The summed E-state index contributed by atoms with van der Waals surface area (Å²) in [7, 11) is 0. The average molecular weight is 238 g/mol. The molecule has 2 fully saturated rings. The van der Waals surface area contributed by atoms with Crippen molar-refractivity contribution in [2.45, 2.75) is 59.4 Å². The van der Waals surface area contributed by atoms with Gasteiger partial charge >= 0.3 is 0 Å². The van der Waals surface area contributed by atoms with Crippen LogP contribution in [0.25, 0.3) is 0 Å². The molecule has 2 heteroatoms. The minimum atomic E-state index is 0.275. The number of nitrogens with two attached hydrogens (primary N) is 1. The zero-order valence-corrected chi connectivity index (χ0v) is 12.3. The number of rotatable bonds is 2. The minimum absolute atomic E-state index is 0.275. The molecular weight excluding hydrogens is 208 g/mol. The maximum Gasteiger partial charge on any atom is 0.0362 e. The van der Waals surface area contributed by atoms with Crippen molar-refractivity contribution in [2.24, 2.45) is 22.5 Å². The summed E-state index contributed by atoms with van der Waals surface area (Å²) in [5.74, 6) is 0.733. The van der Waals surface area contributed by atoms with Gasteiger partial charge in [0.25, 0.3) is 0 Å². The lowest BCUT2D eigenvalue weighted by atomic mass is 9.84. The third-order valence-electron chi connectivity index (χ3n) is 5.22. The number of likely N-dealkylation sites (tertiary alicyclic amines) is 1. The monoisotopic (exact) mass is 238 g/mol. The van der Waals surface area contributed by atoms with Gasteiger partial charge in [-0.1, -0.05) is 34.6 Å². The Balaban J connectivity index is 2.21. The fourth-order valence-corrected chi connectivity index (χ4v) is 4.41. The molecule has 1 heterocycles. The van der Waals surface area contributed by atoms with E-state index in [4.69, 9.17) is 5.73 Å². The molecule has 2 rings (SSSR count). The predicted molar refractivity (Wildman–Crippen MR) is 73.9 cm³/mol. The number of hydrogen-bond donors (Lipinski definition) is 1. The first-order valence-corrected chi connectivity index (χ1v) is 7.16. The second-order valence-electron chi connectivity index (χ2n) is 8.09. The Morgan fingerprint density at radius 3 is 2.18 bits per heavy atom. The quantitative estimate of drug-likeness (QED) is 0.801. The fraction of sp³-hybridized carbons (Fsp3) is 1.00. The maximum absolute atomic E-state index is 6.21. The molecule has 0 aromatic rings. The molecule has 0 bridgehead atoms. The van der Waals surface area contributed by atoms with Crippen LogP contribution in [0, 0.1) is 16.7 Å². The second kappa shape index (κ2) is 3.96. The van der Waals surface area contributed by atoms with Crippen LogP contribution in [-0.2, 0) is 0 Å². The summed E-state index contributed by atoms with van der Waals surface area (Å²) in [4.78, 5) is 2.71. The van der Waals surface area contributed by atoms with Crippen LogP contribution in [-0.4, -0.2) is 30.1 Å². The largest absolute Gasteiger partial charge is 0.329 e. The standard InChI is InChI=1S/C15H30N2/c1-12-8-14(4,5)9-15(12,10-16)17-7-6-13(2,3)11-17/h12H,6-11,16H2,1-5H3. The first-order valence-electron chi connectivity index (χ1n) is 7.16. The molecule has 100 valence electrons. The molecule has 0 aromatic carbocycles. The normalized spacial score (nSPS) is 40.9. The van der Waals surface area contributed by atoms with Crippen LogP contribution < -0.4 is 5.73 Å². The van der Waals surface area contributed by atoms with Crippen LogP contribution in [0.4, 0.5) is 0 Å². The minimum Gasteiger partial charge on any atom is -0.329 e. The lowest BCUT2D eigenvalue weighted by molar-refractivity contribution is 0.0738. The molecule has 0 radical (unpaired) electrons. The van der Waals surface area contributed by atoms with E-state index >= 15 is 0 Å². The van der Waals surface area contributed by atoms with Crippen molar-refractivity contribution >= 4 is 0 Å². The Hall–Kier alpha value is -0.0800. The van der Waals surface area contributed by atoms with Crippen LogP contribution in [0.5, 0.6) is 0 Å². The van der Waals surface area contributed by atoms with Gasteiger partial charge in [-0.15, -0.1) is 0 Å². The molecular formula is C15H30N2. The zero-order valence-electron chi connectivity index (χ0n) is 12.3. The highest BCUT2D eigenvalue weighted by Crippen LogP contribution is 2.51. The van der Waals surface area contributed by atoms with E-state index in [1.165, 1.54) is 32.4 Å². The highest BCUT2D eigenvalue weighted by molar-refractivity contribution is 5.08. The third-order valence-corrected chi connectivity index (χ3v) is 5.22. The molecule has 17 heavy (non-hydrogen) atoms. The molecule has 0 aromatic heterocycles. The maximum atomic E-state index is 6.21. The highest BCUT2D eigenvalue weighted by Gasteiger charge is 2.53. The smallest absolute Gasteiger partial charge is 0.0362 e. The Morgan fingerprint density at radius 1 is 1.18 bits per heavy atom. The Bertz CT molecular complexity index is 295. The summed E-state index contributed by atoms with van der Waals surface area (Å²) in [6.45, 7) is 15.3. The molecule has 2 nitrogen and oxygen atoms in total. The second-order valence-corrected chi connectivity index (χ2v) is 8.09. The summed E-state index contributed by atoms with van der Waals surface area (Å²) in [6.07, 6.45) is 3.91. The molecule has 2 N–H and O–H groups in total. The Labute approximate surface area is 107 Å². The van der Waals surface area contributed by atoms with Gasteiger partial charge in [-0.25, -0.2) is 0 Å². The van der Waals surface area contributed by atoms with Crippen molar-refractivity contribution in [1.29, 1.82) is 0 Å². The SMILES string of the molecule is CC1CC(C)(C)CC1(CN)N1CCC(C)(C)C1. The first-order chi connectivity index (χ1) is 7.71. The predicted octanol–water partition coefficient (Wildman–Crippen LogP) is 2.87. The van der Waals surface area contributed by atoms with Gasteiger partial charge in [0, 0.05) is 18.6 Å². The summed E-state index contributed by atoms with van der Waals surface area (Å²) < 4.78 is 0. The molecule has 1 saturated heterocycles. The summed E-state index contributed by atoms with van der Waals surface area (Å²) in [5.41, 5.74) is 7.43. The fourth-order valence-electron chi connectivity index (χ4n) is 4.41. The summed E-state index contributed by atoms with van der Waals surface area (Å²) in [5, 5.41) is 0. The van der Waals surface area contributed by atoms with Crippen LogP contribution in [0.2, 0.25) is 0 Å². The van der Waals surface area contributed by atoms with Crippen molar-refractivity contribution in [2.75, 3.05) is 19.6 Å². The number of hydrogen-bond acceptors (Lipinski definition) is 2. The van der Waals surface area contributed by atoms with Gasteiger partial charge < -0.3 is 5.73 Å². The molecule has 1 aliphatic heterocycles. The van der Waals surface area contributed by atoms with Crippen LogP contribution in [0.15, 0.2) is 0 Å². The topological polar surface area (TPSA) is 29.3 Å². The third kappa shape index (κ3) is 2.26. The van der Waals surface area contributed by atoms with Gasteiger partial charge in [0.2, 0.25) is 0 Å². The van der Waals surface area contributed by atoms with E-state index in [-0.39, 0.29) is 5.54 Å². The van der Waals surface area contributed by atoms with Gasteiger partial charge in [-0.3, -0.25) is 4.90 Å². The van der Waals surface area contributed by atoms with Crippen molar-refractivity contribution in [3.63, 3.8) is 0 Å². The van der Waals surface area contributed by atoms with E-state index in [2.05, 4.69) is 39.5 Å². The Morgan fingerprint density at radius 2 is 1.82 bits per heavy atom. The number of nitrogens with zero attached hydrogens (tertiary/aromatic N) is 1. The molecule has 0 amide bonds. The van der Waals surface area contributed by atoms with Crippen molar-refractivity contribution in [3.8, 4) is 0 Å². The lowest BCUT2D eigenvalue weighted by Gasteiger charge is -2.43. The van der Waals surface area contributed by atoms with Gasteiger partial charge in [0.05, 0.1) is 0 Å². The van der Waals surface area contributed by atoms with Gasteiger partial charge in [0.1, 0.15) is 0 Å². The van der Waals surface area contributed by atoms with Crippen molar-refractivity contribution < 1.29 is 0 Å². The van der Waals surface area contributed by atoms with Gasteiger partial charge in [-0.05, 0) is 42.6 Å². The van der Waals surface area contributed by atoms with Crippen LogP contribution >= 0.6 is 0 Å². The molecule has 2 unspecified atom stereocenters. The zero-order chi connectivity index (χ0) is 12.9. The summed E-state index contributed by atoms with van der Waals surface area (Å²) in [6, 6.07) is 0. The van der Waals surface area contributed by atoms with Crippen LogP contribution in [0.3, 0.4) is 0 Å². The van der Waals surface area contributed by atoms with Crippen molar-refractivity contribution in [3.05, 3.63) is 0 Å². The van der Waals surface area contributed by atoms with E-state index in [0.717, 1.165) is 12.5 Å². The van der Waals surface area contributed by atoms with Gasteiger partial charge in [0.15, 0.2) is 0 Å². The van der Waals surface area contributed by atoms with E-state index < -0.39 is 0 Å². The van der Waals surface area contributed by atoms with E-state index in [1.807, 2.05) is 0 Å². The average Bonchev–Trinajstić information content (AvgIpc) is 2.64. The molecule has 1 aliphatic carbocycles. The van der Waals surface area contributed by atoms with Crippen LogP contribution in [0.1, 0.15) is 53.9 Å². The first kappa shape index (κ1) is 13.4. The molecule has 2 aliphatic rings. The van der Waals surface area contributed by atoms with E-state index in [9.17, 15) is 0 Å².